The number of likely N-dealkylation sites (tertiary alicyclic amines) is 1. The minimum atomic E-state index is -0.645. The van der Waals surface area contributed by atoms with Crippen LogP contribution in [0.4, 0.5) is 0 Å². The van der Waals surface area contributed by atoms with Gasteiger partial charge in [0.25, 0.3) is 5.91 Å². The fraction of sp³-hybridized carbons (Fsp3) is 0.591. The van der Waals surface area contributed by atoms with Gasteiger partial charge < -0.3 is 20.4 Å². The predicted molar refractivity (Wildman–Crippen MR) is 111 cm³/mol. The Labute approximate surface area is 172 Å². The van der Waals surface area contributed by atoms with E-state index in [9.17, 15) is 14.4 Å². The zero-order valence-corrected chi connectivity index (χ0v) is 17.4. The van der Waals surface area contributed by atoms with Gasteiger partial charge in [-0.15, -0.1) is 0 Å². The number of carbonyl (C=O) groups excluding carboxylic acids is 3. The van der Waals surface area contributed by atoms with Crippen molar-refractivity contribution >= 4 is 17.7 Å². The van der Waals surface area contributed by atoms with Crippen LogP contribution in [-0.2, 0) is 9.59 Å². The third-order valence-corrected chi connectivity index (χ3v) is 6.20. The maximum absolute atomic E-state index is 12.7. The van der Waals surface area contributed by atoms with Crippen LogP contribution in [0.3, 0.4) is 0 Å². The van der Waals surface area contributed by atoms with E-state index >= 15 is 0 Å². The molecule has 2 N–H and O–H groups in total. The molecule has 0 aromatic heterocycles. The second-order valence-corrected chi connectivity index (χ2v) is 8.02. The third kappa shape index (κ3) is 4.78. The second-order valence-electron chi connectivity index (χ2n) is 8.02. The average Bonchev–Trinajstić information content (AvgIpc) is 3.32. The molecule has 0 aliphatic carbocycles. The van der Waals surface area contributed by atoms with Crippen LogP contribution in [-0.4, -0.2) is 72.8 Å². The van der Waals surface area contributed by atoms with E-state index in [1.54, 1.807) is 17.0 Å². The highest BCUT2D eigenvalue weighted by molar-refractivity contribution is 5.97. The lowest BCUT2D eigenvalue weighted by molar-refractivity contribution is -0.128. The predicted octanol–water partition coefficient (Wildman–Crippen LogP) is 1.26. The SMILES string of the molecule is CCN(CC)CCCNC(=O)[C@@H]1C[C@]2(CCN(C(=O)c3ccccc3)C2)C(=O)N1. The molecule has 1 spiro atoms. The fourth-order valence-corrected chi connectivity index (χ4v) is 4.34. The topological polar surface area (TPSA) is 81.8 Å². The summed E-state index contributed by atoms with van der Waals surface area (Å²) >= 11 is 0. The number of hydrogen-bond acceptors (Lipinski definition) is 4. The van der Waals surface area contributed by atoms with Gasteiger partial charge in [-0.05, 0) is 51.0 Å². The van der Waals surface area contributed by atoms with Crippen molar-refractivity contribution in [1.82, 2.24) is 20.4 Å². The first-order chi connectivity index (χ1) is 14.0. The van der Waals surface area contributed by atoms with Gasteiger partial charge in [-0.3, -0.25) is 14.4 Å². The first kappa shape index (κ1) is 21.3. The van der Waals surface area contributed by atoms with Gasteiger partial charge in [-0.25, -0.2) is 0 Å². The lowest BCUT2D eigenvalue weighted by Gasteiger charge is -2.21. The zero-order valence-electron chi connectivity index (χ0n) is 17.4. The molecule has 158 valence electrons. The molecule has 3 amide bonds. The van der Waals surface area contributed by atoms with E-state index in [-0.39, 0.29) is 17.7 Å². The largest absolute Gasteiger partial charge is 0.354 e. The summed E-state index contributed by atoms with van der Waals surface area (Å²) in [5.74, 6) is -0.286. The van der Waals surface area contributed by atoms with Crippen molar-refractivity contribution in [3.8, 4) is 0 Å². The number of nitrogens with zero attached hydrogens (tertiary/aromatic N) is 2. The molecule has 1 aromatic rings. The second kappa shape index (κ2) is 9.39. The van der Waals surface area contributed by atoms with Crippen LogP contribution in [0.15, 0.2) is 30.3 Å². The molecule has 0 bridgehead atoms. The van der Waals surface area contributed by atoms with Crippen molar-refractivity contribution in [1.29, 1.82) is 0 Å². The molecule has 7 heteroatoms. The molecule has 2 aliphatic rings. The molecule has 0 radical (unpaired) electrons. The molecule has 2 aliphatic heterocycles. The molecule has 2 fully saturated rings. The summed E-state index contributed by atoms with van der Waals surface area (Å²) in [6, 6.07) is 8.61. The first-order valence-corrected chi connectivity index (χ1v) is 10.6. The molecular formula is C22H32N4O3. The maximum atomic E-state index is 12.7. The molecule has 2 atom stereocenters. The fourth-order valence-electron chi connectivity index (χ4n) is 4.34. The Morgan fingerprint density at radius 1 is 1.24 bits per heavy atom. The summed E-state index contributed by atoms with van der Waals surface area (Å²) in [6.45, 7) is 8.73. The molecule has 7 nitrogen and oxygen atoms in total. The van der Waals surface area contributed by atoms with E-state index in [4.69, 9.17) is 0 Å². The van der Waals surface area contributed by atoms with Crippen LogP contribution in [0.25, 0.3) is 0 Å². The Morgan fingerprint density at radius 3 is 2.66 bits per heavy atom. The van der Waals surface area contributed by atoms with E-state index in [0.29, 0.717) is 38.0 Å². The maximum Gasteiger partial charge on any atom is 0.253 e. The van der Waals surface area contributed by atoms with Crippen LogP contribution in [0.1, 0.15) is 43.5 Å². The summed E-state index contributed by atoms with van der Waals surface area (Å²) < 4.78 is 0. The van der Waals surface area contributed by atoms with Gasteiger partial charge in [0, 0.05) is 25.2 Å². The van der Waals surface area contributed by atoms with Crippen molar-refractivity contribution in [2.75, 3.05) is 39.3 Å². The molecule has 3 rings (SSSR count). The number of benzene rings is 1. The molecule has 2 heterocycles. The van der Waals surface area contributed by atoms with Crippen molar-refractivity contribution in [3.63, 3.8) is 0 Å². The van der Waals surface area contributed by atoms with Gasteiger partial charge in [-0.2, -0.15) is 0 Å². The molecular weight excluding hydrogens is 368 g/mol. The van der Waals surface area contributed by atoms with Crippen LogP contribution >= 0.6 is 0 Å². The number of carbonyl (C=O) groups is 3. The molecule has 0 saturated carbocycles. The van der Waals surface area contributed by atoms with E-state index in [0.717, 1.165) is 26.1 Å². The number of amides is 3. The van der Waals surface area contributed by atoms with Crippen LogP contribution in [0.2, 0.25) is 0 Å². The van der Waals surface area contributed by atoms with Gasteiger partial charge in [0.05, 0.1) is 5.41 Å². The van der Waals surface area contributed by atoms with Gasteiger partial charge in [0.1, 0.15) is 6.04 Å². The quantitative estimate of drug-likeness (QED) is 0.644. The van der Waals surface area contributed by atoms with Gasteiger partial charge in [-0.1, -0.05) is 32.0 Å². The lowest BCUT2D eigenvalue weighted by atomic mass is 9.84. The van der Waals surface area contributed by atoms with Crippen molar-refractivity contribution in [2.24, 2.45) is 5.41 Å². The Kier molecular flexibility index (Phi) is 6.90. The van der Waals surface area contributed by atoms with Gasteiger partial charge >= 0.3 is 0 Å². The van der Waals surface area contributed by atoms with E-state index < -0.39 is 11.5 Å². The third-order valence-electron chi connectivity index (χ3n) is 6.20. The van der Waals surface area contributed by atoms with Crippen LogP contribution < -0.4 is 10.6 Å². The van der Waals surface area contributed by atoms with E-state index in [1.165, 1.54) is 0 Å². The average molecular weight is 401 g/mol. The summed E-state index contributed by atoms with van der Waals surface area (Å²) in [5, 5.41) is 5.81. The number of rotatable bonds is 8. The summed E-state index contributed by atoms with van der Waals surface area (Å²) in [6.07, 6.45) is 1.94. The Hall–Kier alpha value is -2.41. The standard InChI is InChI=1S/C22H32N4O3/c1-3-25(4-2)13-8-12-23-19(27)18-15-22(21(29)24-18)11-14-26(16-22)20(28)17-9-6-5-7-10-17/h5-7,9-10,18H,3-4,8,11-16H2,1-2H3,(H,23,27)(H,24,29)/t18-,22-/m0/s1. The van der Waals surface area contributed by atoms with Crippen molar-refractivity contribution in [2.45, 2.75) is 39.2 Å². The Morgan fingerprint density at radius 2 is 1.97 bits per heavy atom. The summed E-state index contributed by atoms with van der Waals surface area (Å²) in [7, 11) is 0. The zero-order chi connectivity index (χ0) is 20.9. The summed E-state index contributed by atoms with van der Waals surface area (Å²) in [4.78, 5) is 42.0. The lowest BCUT2D eigenvalue weighted by Crippen LogP contribution is -2.42. The molecule has 1 aromatic carbocycles. The van der Waals surface area contributed by atoms with E-state index in [1.807, 2.05) is 18.2 Å². The Bertz CT molecular complexity index is 735. The first-order valence-electron chi connectivity index (χ1n) is 10.6. The molecule has 0 unspecified atom stereocenters. The van der Waals surface area contributed by atoms with E-state index in [2.05, 4.69) is 29.4 Å². The summed E-state index contributed by atoms with van der Waals surface area (Å²) in [5.41, 5.74) is -0.0151. The highest BCUT2D eigenvalue weighted by Gasteiger charge is 2.53. The van der Waals surface area contributed by atoms with Crippen molar-refractivity contribution < 1.29 is 14.4 Å². The smallest absolute Gasteiger partial charge is 0.253 e. The van der Waals surface area contributed by atoms with Crippen LogP contribution in [0, 0.1) is 5.41 Å². The Balaban J connectivity index is 1.51. The number of nitrogens with one attached hydrogen (secondary N) is 2. The van der Waals surface area contributed by atoms with Crippen LogP contribution in [0.5, 0.6) is 0 Å². The monoisotopic (exact) mass is 400 g/mol. The highest BCUT2D eigenvalue weighted by Crippen LogP contribution is 2.40. The minimum Gasteiger partial charge on any atom is -0.354 e. The van der Waals surface area contributed by atoms with Crippen molar-refractivity contribution in [3.05, 3.63) is 35.9 Å². The van der Waals surface area contributed by atoms with Gasteiger partial charge in [0.15, 0.2) is 0 Å². The molecule has 2 saturated heterocycles. The normalized spacial score (nSPS) is 23.6. The van der Waals surface area contributed by atoms with Gasteiger partial charge in [0.2, 0.25) is 11.8 Å². The minimum absolute atomic E-state index is 0.0559. The molecule has 29 heavy (non-hydrogen) atoms. The highest BCUT2D eigenvalue weighted by atomic mass is 16.2. The number of hydrogen-bond donors (Lipinski definition) is 2.